The average Bonchev–Trinajstić information content (AvgIpc) is 2.67. The molecule has 5 nitrogen and oxygen atoms in total. The summed E-state index contributed by atoms with van der Waals surface area (Å²) >= 11 is 1.24. The number of hydrogen-bond acceptors (Lipinski definition) is 6. The lowest BCUT2D eigenvalue weighted by Gasteiger charge is -2.01. The third-order valence-corrected chi connectivity index (χ3v) is 2.64. The number of aromatic nitrogens is 3. The van der Waals surface area contributed by atoms with Gasteiger partial charge in [-0.3, -0.25) is 4.98 Å². The van der Waals surface area contributed by atoms with Gasteiger partial charge in [-0.1, -0.05) is 11.2 Å². The Morgan fingerprint density at radius 2 is 2.25 bits per heavy atom. The molecular formula is C10H12N4OS. The first kappa shape index (κ1) is 10.8. The molecule has 16 heavy (non-hydrogen) atoms. The summed E-state index contributed by atoms with van der Waals surface area (Å²) in [6, 6.07) is 4.03. The first-order valence-corrected chi connectivity index (χ1v) is 5.69. The van der Waals surface area contributed by atoms with E-state index in [4.69, 9.17) is 10.5 Å². The molecule has 0 fully saturated rings. The quantitative estimate of drug-likeness (QED) is 0.869. The van der Waals surface area contributed by atoms with Crippen molar-refractivity contribution in [2.75, 3.05) is 12.3 Å². The van der Waals surface area contributed by atoms with E-state index in [2.05, 4.69) is 15.2 Å². The van der Waals surface area contributed by atoms with Gasteiger partial charge in [0.15, 0.2) is 0 Å². The number of nitrogens with two attached hydrogens (primary N) is 1. The number of hydrogen-bond donors (Lipinski definition) is 1. The molecule has 2 heterocycles. The average molecular weight is 236 g/mol. The second-order valence-corrected chi connectivity index (χ2v) is 4.30. The van der Waals surface area contributed by atoms with Gasteiger partial charge in [-0.15, -0.1) is 5.10 Å². The fourth-order valence-electron chi connectivity index (χ4n) is 1.17. The molecule has 0 spiro atoms. The molecule has 0 amide bonds. The molecule has 0 saturated carbocycles. The van der Waals surface area contributed by atoms with E-state index in [1.54, 1.807) is 0 Å². The highest BCUT2D eigenvalue weighted by atomic mass is 32.1. The summed E-state index contributed by atoms with van der Waals surface area (Å²) in [5, 5.41) is 8.35. The Morgan fingerprint density at radius 3 is 2.88 bits per heavy atom. The maximum absolute atomic E-state index is 5.43. The van der Waals surface area contributed by atoms with Crippen molar-refractivity contribution in [3.8, 4) is 5.19 Å². The molecule has 0 atom stereocenters. The van der Waals surface area contributed by atoms with E-state index in [0.717, 1.165) is 17.7 Å². The van der Waals surface area contributed by atoms with Crippen LogP contribution in [-0.2, 0) is 6.42 Å². The van der Waals surface area contributed by atoms with Crippen molar-refractivity contribution in [1.82, 2.24) is 15.2 Å². The minimum atomic E-state index is 0.420. The van der Waals surface area contributed by atoms with Gasteiger partial charge in [0, 0.05) is 18.3 Å². The smallest absolute Gasteiger partial charge is 0.295 e. The van der Waals surface area contributed by atoms with Crippen LogP contribution in [0.15, 0.2) is 18.3 Å². The Bertz CT molecular complexity index is 454. The van der Waals surface area contributed by atoms with E-state index in [1.165, 1.54) is 11.3 Å². The summed E-state index contributed by atoms with van der Waals surface area (Å²) < 4.78 is 5.39. The summed E-state index contributed by atoms with van der Waals surface area (Å²) in [6.07, 6.45) is 2.60. The van der Waals surface area contributed by atoms with E-state index >= 15 is 0 Å². The van der Waals surface area contributed by atoms with Crippen molar-refractivity contribution >= 4 is 16.5 Å². The van der Waals surface area contributed by atoms with Gasteiger partial charge < -0.3 is 10.5 Å². The van der Waals surface area contributed by atoms with Gasteiger partial charge in [0.1, 0.15) is 0 Å². The minimum Gasteiger partial charge on any atom is -0.468 e. The molecule has 6 heteroatoms. The predicted octanol–water partition coefficient (Wildman–Crippen LogP) is 1.45. The molecular weight excluding hydrogens is 224 g/mol. The van der Waals surface area contributed by atoms with E-state index in [9.17, 15) is 0 Å². The Labute approximate surface area is 97.3 Å². The molecule has 2 aromatic heterocycles. The molecule has 2 rings (SSSR count). The van der Waals surface area contributed by atoms with Crippen LogP contribution in [0.1, 0.15) is 11.3 Å². The Kier molecular flexibility index (Phi) is 3.31. The fourth-order valence-corrected chi connectivity index (χ4v) is 1.65. The van der Waals surface area contributed by atoms with Crippen molar-refractivity contribution < 1.29 is 4.74 Å². The van der Waals surface area contributed by atoms with E-state index in [0.29, 0.717) is 16.9 Å². The van der Waals surface area contributed by atoms with Gasteiger partial charge >= 0.3 is 0 Å². The second-order valence-electron chi connectivity index (χ2n) is 3.33. The first-order chi connectivity index (χ1) is 7.74. The van der Waals surface area contributed by atoms with Crippen LogP contribution < -0.4 is 10.5 Å². The van der Waals surface area contributed by atoms with Crippen molar-refractivity contribution in [2.24, 2.45) is 0 Å². The zero-order valence-corrected chi connectivity index (χ0v) is 9.70. The molecule has 0 aliphatic rings. The normalized spacial score (nSPS) is 10.3. The predicted molar refractivity (Wildman–Crippen MR) is 62.5 cm³/mol. The van der Waals surface area contributed by atoms with Crippen LogP contribution in [0.4, 0.5) is 5.13 Å². The third-order valence-electron chi connectivity index (χ3n) is 1.98. The second kappa shape index (κ2) is 4.89. The minimum absolute atomic E-state index is 0.420. The number of nitrogen functional groups attached to an aromatic ring is 1. The lowest BCUT2D eigenvalue weighted by atomic mass is 10.2. The molecule has 0 radical (unpaired) electrons. The molecule has 2 aromatic rings. The van der Waals surface area contributed by atoms with Crippen molar-refractivity contribution in [3.05, 3.63) is 29.6 Å². The molecule has 0 bridgehead atoms. The SMILES string of the molecule is Cc1ccc(CCOc2nnc(N)s2)nc1. The summed E-state index contributed by atoms with van der Waals surface area (Å²) in [5.41, 5.74) is 7.59. The number of ether oxygens (including phenoxy) is 1. The van der Waals surface area contributed by atoms with Crippen LogP contribution in [0.3, 0.4) is 0 Å². The highest BCUT2D eigenvalue weighted by Gasteiger charge is 2.01. The van der Waals surface area contributed by atoms with E-state index in [-0.39, 0.29) is 0 Å². The summed E-state index contributed by atoms with van der Waals surface area (Å²) in [5.74, 6) is 0. The molecule has 0 aliphatic heterocycles. The van der Waals surface area contributed by atoms with Gasteiger partial charge in [-0.25, -0.2) is 0 Å². The van der Waals surface area contributed by atoms with Crippen LogP contribution >= 0.6 is 11.3 Å². The third kappa shape index (κ3) is 2.90. The van der Waals surface area contributed by atoms with Gasteiger partial charge in [-0.05, 0) is 29.9 Å². The van der Waals surface area contributed by atoms with E-state index in [1.807, 2.05) is 25.3 Å². The molecule has 0 unspecified atom stereocenters. The fraction of sp³-hybridized carbons (Fsp3) is 0.300. The molecule has 2 N–H and O–H groups in total. The molecule has 84 valence electrons. The lowest BCUT2D eigenvalue weighted by molar-refractivity contribution is 0.316. The van der Waals surface area contributed by atoms with Crippen LogP contribution in [-0.4, -0.2) is 21.8 Å². The lowest BCUT2D eigenvalue weighted by Crippen LogP contribution is -2.02. The largest absolute Gasteiger partial charge is 0.468 e. The Morgan fingerprint density at radius 1 is 1.38 bits per heavy atom. The van der Waals surface area contributed by atoms with Crippen LogP contribution in [0.5, 0.6) is 5.19 Å². The number of aryl methyl sites for hydroxylation is 1. The topological polar surface area (TPSA) is 73.9 Å². The summed E-state index contributed by atoms with van der Waals surface area (Å²) in [6.45, 7) is 2.54. The van der Waals surface area contributed by atoms with Gasteiger partial charge in [0.25, 0.3) is 5.19 Å². The van der Waals surface area contributed by atoms with Gasteiger partial charge in [0.2, 0.25) is 5.13 Å². The first-order valence-electron chi connectivity index (χ1n) is 4.87. The zero-order chi connectivity index (χ0) is 11.4. The van der Waals surface area contributed by atoms with Gasteiger partial charge in [0.05, 0.1) is 6.61 Å². The molecule has 0 aliphatic carbocycles. The number of nitrogens with zero attached hydrogens (tertiary/aromatic N) is 3. The highest BCUT2D eigenvalue weighted by Crippen LogP contribution is 2.18. The van der Waals surface area contributed by atoms with Crippen LogP contribution in [0, 0.1) is 6.92 Å². The van der Waals surface area contributed by atoms with Crippen LogP contribution in [0.2, 0.25) is 0 Å². The number of pyridine rings is 1. The van der Waals surface area contributed by atoms with Crippen molar-refractivity contribution in [1.29, 1.82) is 0 Å². The maximum Gasteiger partial charge on any atom is 0.295 e. The van der Waals surface area contributed by atoms with Crippen LogP contribution in [0.25, 0.3) is 0 Å². The maximum atomic E-state index is 5.43. The number of rotatable bonds is 4. The molecule has 0 saturated heterocycles. The zero-order valence-electron chi connectivity index (χ0n) is 8.88. The van der Waals surface area contributed by atoms with Gasteiger partial charge in [-0.2, -0.15) is 0 Å². The van der Waals surface area contributed by atoms with Crippen molar-refractivity contribution in [3.63, 3.8) is 0 Å². The summed E-state index contributed by atoms with van der Waals surface area (Å²) in [7, 11) is 0. The van der Waals surface area contributed by atoms with Crippen molar-refractivity contribution in [2.45, 2.75) is 13.3 Å². The molecule has 0 aromatic carbocycles. The monoisotopic (exact) mass is 236 g/mol. The highest BCUT2D eigenvalue weighted by molar-refractivity contribution is 7.16. The van der Waals surface area contributed by atoms with E-state index < -0.39 is 0 Å². The Hall–Kier alpha value is -1.69. The summed E-state index contributed by atoms with van der Waals surface area (Å²) in [4.78, 5) is 4.28. The standard InChI is InChI=1S/C10H12N4OS/c1-7-2-3-8(12-6-7)4-5-15-10-14-13-9(11)16-10/h2-3,6H,4-5H2,1H3,(H2,11,13). The number of anilines is 1. The Balaban J connectivity index is 1.82.